The van der Waals surface area contributed by atoms with E-state index in [2.05, 4.69) is 0 Å². The lowest BCUT2D eigenvalue weighted by Crippen LogP contribution is -1.97. The number of halogens is 2. The number of rotatable bonds is 3. The molecule has 3 heteroatoms. The minimum Gasteiger partial charge on any atom is -0.268 e. The minimum atomic E-state index is -3.03. The van der Waals surface area contributed by atoms with Crippen LogP contribution in [0.15, 0.2) is 30.3 Å². The minimum absolute atomic E-state index is 0.0642. The van der Waals surface area contributed by atoms with Gasteiger partial charge < -0.3 is 0 Å². The fourth-order valence-corrected chi connectivity index (χ4v) is 1.36. The molecule has 0 fully saturated rings. The Labute approximate surface area is 66.8 Å². The molecule has 0 saturated heterocycles. The van der Waals surface area contributed by atoms with Gasteiger partial charge in [0, 0.05) is 6.04 Å². The molecule has 1 rings (SSSR count). The van der Waals surface area contributed by atoms with Crippen molar-refractivity contribution in [1.29, 1.82) is 0 Å². The molecule has 1 aromatic rings. The summed E-state index contributed by atoms with van der Waals surface area (Å²) in [4.78, 5) is 0. The predicted octanol–water partition coefficient (Wildman–Crippen LogP) is 2.66. The van der Waals surface area contributed by atoms with Crippen LogP contribution in [0, 0.1) is 0 Å². The maximum absolute atomic E-state index is 11.8. The van der Waals surface area contributed by atoms with Crippen molar-refractivity contribution < 1.29 is 8.22 Å². The van der Waals surface area contributed by atoms with Crippen LogP contribution in [-0.2, 0) is 6.42 Å². The van der Waals surface area contributed by atoms with E-state index in [1.54, 1.807) is 0 Å². The average Bonchev–Trinajstić information content (AvgIpc) is 2.03. The zero-order chi connectivity index (χ0) is 8.10. The summed E-state index contributed by atoms with van der Waals surface area (Å²) in [5.74, 6) is 0. The number of benzene rings is 1. The van der Waals surface area contributed by atoms with E-state index in [9.17, 15) is 8.22 Å². The molecule has 0 heterocycles. The third-order valence-corrected chi connectivity index (χ3v) is 2.07. The van der Waals surface area contributed by atoms with E-state index >= 15 is 0 Å². The van der Waals surface area contributed by atoms with Gasteiger partial charge in [0.15, 0.2) is 0 Å². The third-order valence-electron chi connectivity index (χ3n) is 1.45. The van der Waals surface area contributed by atoms with Gasteiger partial charge in [-0.15, -0.1) is 0 Å². The molecule has 0 atom stereocenters. The molecule has 0 aliphatic heterocycles. The molecule has 0 aromatic heterocycles. The molecule has 0 nitrogen and oxygen atoms in total. The van der Waals surface area contributed by atoms with Crippen LogP contribution in [0.5, 0.6) is 0 Å². The summed E-state index contributed by atoms with van der Waals surface area (Å²) in [7, 11) is -3.03. The first-order valence-corrected chi connectivity index (χ1v) is 4.96. The maximum atomic E-state index is 11.8. The highest BCUT2D eigenvalue weighted by atomic mass is 28.4. The van der Waals surface area contributed by atoms with Gasteiger partial charge in [-0.05, 0) is 12.0 Å². The van der Waals surface area contributed by atoms with Crippen LogP contribution in [0.1, 0.15) is 5.56 Å². The molecule has 0 aliphatic carbocycles. The van der Waals surface area contributed by atoms with Gasteiger partial charge in [0.25, 0.3) is 0 Å². The van der Waals surface area contributed by atoms with Crippen molar-refractivity contribution in [3.63, 3.8) is 0 Å². The molecule has 1 aromatic carbocycles. The van der Waals surface area contributed by atoms with Crippen LogP contribution in [0.3, 0.4) is 0 Å². The van der Waals surface area contributed by atoms with Crippen LogP contribution in [0.2, 0.25) is 6.04 Å². The Hall–Kier alpha value is -0.703. The molecule has 0 saturated carbocycles. The average molecular weight is 171 g/mol. The van der Waals surface area contributed by atoms with Crippen LogP contribution in [0.4, 0.5) is 8.22 Å². The molecule has 0 spiro atoms. The standard InChI is InChI=1S/C8H9F2Si/c9-11(10)7-6-8-4-2-1-3-5-8/h1-5H,6-7H2. The maximum Gasteiger partial charge on any atom is 0.477 e. The highest BCUT2D eigenvalue weighted by Gasteiger charge is 2.08. The molecule has 0 aliphatic rings. The lowest BCUT2D eigenvalue weighted by atomic mass is 10.2. The summed E-state index contributed by atoms with van der Waals surface area (Å²) in [6.07, 6.45) is 0.516. The van der Waals surface area contributed by atoms with Crippen LogP contribution >= 0.6 is 0 Å². The topological polar surface area (TPSA) is 0 Å². The fraction of sp³-hybridized carbons (Fsp3) is 0.250. The van der Waals surface area contributed by atoms with Crippen molar-refractivity contribution in [2.45, 2.75) is 12.5 Å². The Morgan fingerprint density at radius 3 is 2.27 bits per heavy atom. The zero-order valence-electron chi connectivity index (χ0n) is 6.06. The van der Waals surface area contributed by atoms with Crippen molar-refractivity contribution in [2.75, 3.05) is 0 Å². The largest absolute Gasteiger partial charge is 0.477 e. The Kier molecular flexibility index (Phi) is 3.23. The highest BCUT2D eigenvalue weighted by Crippen LogP contribution is 2.06. The van der Waals surface area contributed by atoms with Crippen molar-refractivity contribution in [1.82, 2.24) is 0 Å². The molecule has 1 radical (unpaired) electrons. The quantitative estimate of drug-likeness (QED) is 0.484. The Morgan fingerprint density at radius 1 is 1.09 bits per heavy atom. The van der Waals surface area contributed by atoms with E-state index < -0.39 is 9.46 Å². The van der Waals surface area contributed by atoms with E-state index in [-0.39, 0.29) is 6.04 Å². The van der Waals surface area contributed by atoms with Gasteiger partial charge in [0.2, 0.25) is 0 Å². The second-order valence-corrected chi connectivity index (χ2v) is 3.50. The normalized spacial score (nSPS) is 10.5. The second-order valence-electron chi connectivity index (χ2n) is 2.32. The Morgan fingerprint density at radius 2 is 1.73 bits per heavy atom. The van der Waals surface area contributed by atoms with Crippen LogP contribution in [-0.4, -0.2) is 9.46 Å². The number of aryl methyl sites for hydroxylation is 1. The first kappa shape index (κ1) is 8.39. The third kappa shape index (κ3) is 3.27. The highest BCUT2D eigenvalue weighted by molar-refractivity contribution is 6.42. The van der Waals surface area contributed by atoms with Gasteiger partial charge in [-0.1, -0.05) is 30.3 Å². The molecule has 11 heavy (non-hydrogen) atoms. The summed E-state index contributed by atoms with van der Waals surface area (Å²) in [5.41, 5.74) is 1.00. The van der Waals surface area contributed by atoms with Gasteiger partial charge in [0.05, 0.1) is 0 Å². The van der Waals surface area contributed by atoms with Gasteiger partial charge in [-0.25, -0.2) is 0 Å². The predicted molar refractivity (Wildman–Crippen MR) is 42.9 cm³/mol. The van der Waals surface area contributed by atoms with Crippen molar-refractivity contribution in [3.05, 3.63) is 35.9 Å². The molecule has 0 amide bonds. The van der Waals surface area contributed by atoms with Gasteiger partial charge in [-0.3, -0.25) is 8.22 Å². The van der Waals surface area contributed by atoms with Crippen molar-refractivity contribution in [2.24, 2.45) is 0 Å². The first-order chi connectivity index (χ1) is 5.29. The number of hydrogen-bond acceptors (Lipinski definition) is 0. The molecular formula is C8H9F2Si. The monoisotopic (exact) mass is 171 g/mol. The summed E-state index contributed by atoms with van der Waals surface area (Å²) in [6.45, 7) is 0. The summed E-state index contributed by atoms with van der Waals surface area (Å²) in [5, 5.41) is 0. The lowest BCUT2D eigenvalue weighted by molar-refractivity contribution is 0.650. The molecule has 0 N–H and O–H groups in total. The Balaban J connectivity index is 2.39. The summed E-state index contributed by atoms with van der Waals surface area (Å²) >= 11 is 0. The number of hydrogen-bond donors (Lipinski definition) is 0. The van der Waals surface area contributed by atoms with Crippen LogP contribution in [0.25, 0.3) is 0 Å². The van der Waals surface area contributed by atoms with Gasteiger partial charge in [-0.2, -0.15) is 0 Å². The van der Waals surface area contributed by atoms with E-state index in [4.69, 9.17) is 0 Å². The molecule has 59 valence electrons. The van der Waals surface area contributed by atoms with Crippen LogP contribution < -0.4 is 0 Å². The van der Waals surface area contributed by atoms with Gasteiger partial charge >= 0.3 is 9.46 Å². The van der Waals surface area contributed by atoms with Gasteiger partial charge in [0.1, 0.15) is 0 Å². The Bertz CT molecular complexity index is 199. The molecular weight excluding hydrogens is 162 g/mol. The summed E-state index contributed by atoms with van der Waals surface area (Å²) in [6, 6.07) is 9.46. The zero-order valence-corrected chi connectivity index (χ0v) is 7.06. The van der Waals surface area contributed by atoms with Crippen molar-refractivity contribution >= 4 is 9.46 Å². The second kappa shape index (κ2) is 4.23. The van der Waals surface area contributed by atoms with Crippen molar-refractivity contribution in [3.8, 4) is 0 Å². The van der Waals surface area contributed by atoms with E-state index in [0.717, 1.165) is 5.56 Å². The molecule has 0 bridgehead atoms. The smallest absolute Gasteiger partial charge is 0.268 e. The van der Waals surface area contributed by atoms with E-state index in [1.807, 2.05) is 30.3 Å². The van der Waals surface area contributed by atoms with E-state index in [0.29, 0.717) is 6.42 Å². The fourth-order valence-electron chi connectivity index (χ4n) is 0.884. The SMILES string of the molecule is F[Si](F)CCc1ccccc1. The summed E-state index contributed by atoms with van der Waals surface area (Å²) < 4.78 is 23.6. The lowest BCUT2D eigenvalue weighted by Gasteiger charge is -1.96. The van der Waals surface area contributed by atoms with E-state index in [1.165, 1.54) is 0 Å². The molecule has 0 unspecified atom stereocenters. The first-order valence-electron chi connectivity index (χ1n) is 3.50.